The molecule has 2 nitrogen and oxygen atoms in total. The third-order valence-electron chi connectivity index (χ3n) is 2.33. The number of nitrogens with one attached hydrogen (secondary N) is 1. The zero-order chi connectivity index (χ0) is 10.8. The molecular formula is C12H13ClN2. The molecule has 1 aromatic carbocycles. The molecule has 0 spiro atoms. The van der Waals surface area contributed by atoms with Crippen molar-refractivity contribution in [2.75, 3.05) is 0 Å². The average molecular weight is 221 g/mol. The van der Waals surface area contributed by atoms with E-state index in [9.17, 15) is 0 Å². The summed E-state index contributed by atoms with van der Waals surface area (Å²) in [5, 5.41) is 0.456. The smallest absolute Gasteiger partial charge is 0.200 e. The lowest BCUT2D eigenvalue weighted by molar-refractivity contribution is 0.835. The summed E-state index contributed by atoms with van der Waals surface area (Å²) in [4.78, 5) is 7.41. The summed E-state index contributed by atoms with van der Waals surface area (Å²) in [6, 6.07) is 10.1. The summed E-state index contributed by atoms with van der Waals surface area (Å²) in [7, 11) is 0. The summed E-state index contributed by atoms with van der Waals surface area (Å²) < 4.78 is 0. The van der Waals surface area contributed by atoms with E-state index in [4.69, 9.17) is 11.6 Å². The molecule has 0 aliphatic carbocycles. The van der Waals surface area contributed by atoms with E-state index >= 15 is 0 Å². The fourth-order valence-corrected chi connectivity index (χ4v) is 1.78. The molecule has 2 rings (SSSR count). The van der Waals surface area contributed by atoms with Crippen molar-refractivity contribution < 1.29 is 0 Å². The zero-order valence-electron chi connectivity index (χ0n) is 8.79. The number of aromatic nitrogens is 2. The quantitative estimate of drug-likeness (QED) is 0.818. The van der Waals surface area contributed by atoms with Crippen LogP contribution < -0.4 is 0 Å². The van der Waals surface area contributed by atoms with Crippen molar-refractivity contribution in [1.82, 2.24) is 9.97 Å². The molecule has 1 N–H and O–H groups in total. The number of hydrogen-bond donors (Lipinski definition) is 1. The van der Waals surface area contributed by atoms with Crippen LogP contribution in [0.25, 0.3) is 11.3 Å². The molecule has 0 saturated heterocycles. The molecule has 1 aromatic heterocycles. The fourth-order valence-electron chi connectivity index (χ4n) is 1.59. The summed E-state index contributed by atoms with van der Waals surface area (Å²) in [5.74, 6) is 0.389. The van der Waals surface area contributed by atoms with E-state index in [1.807, 2.05) is 30.3 Å². The van der Waals surface area contributed by atoms with Crippen molar-refractivity contribution in [1.29, 1.82) is 0 Å². The van der Waals surface area contributed by atoms with Gasteiger partial charge in [-0.25, -0.2) is 4.98 Å². The maximum Gasteiger partial charge on any atom is 0.200 e. The van der Waals surface area contributed by atoms with Crippen LogP contribution >= 0.6 is 11.6 Å². The van der Waals surface area contributed by atoms with Crippen molar-refractivity contribution in [3.05, 3.63) is 41.3 Å². The summed E-state index contributed by atoms with van der Waals surface area (Å²) >= 11 is 5.89. The number of imidazole rings is 1. The average Bonchev–Trinajstić information content (AvgIpc) is 2.62. The van der Waals surface area contributed by atoms with Gasteiger partial charge in [0.15, 0.2) is 0 Å². The minimum absolute atomic E-state index is 0.389. The van der Waals surface area contributed by atoms with Crippen LogP contribution in [-0.4, -0.2) is 9.97 Å². The van der Waals surface area contributed by atoms with Gasteiger partial charge >= 0.3 is 0 Å². The molecule has 2 aromatic rings. The van der Waals surface area contributed by atoms with Crippen molar-refractivity contribution in [2.45, 2.75) is 19.8 Å². The Balaban J connectivity index is 2.53. The lowest BCUT2D eigenvalue weighted by Gasteiger charge is -2.05. The molecule has 78 valence electrons. The Morgan fingerprint density at radius 2 is 1.87 bits per heavy atom. The standard InChI is InChI=1S/C12H13ClN2/c1-8(2)10-11(15-12(13)14-10)9-6-4-3-5-7-9/h3-8H,1-2H3,(H,14,15). The van der Waals surface area contributed by atoms with Crippen molar-refractivity contribution in [3.8, 4) is 11.3 Å². The second kappa shape index (κ2) is 4.07. The van der Waals surface area contributed by atoms with Crippen LogP contribution in [-0.2, 0) is 0 Å². The Kier molecular flexibility index (Phi) is 2.78. The third kappa shape index (κ3) is 2.05. The van der Waals surface area contributed by atoms with E-state index in [2.05, 4.69) is 23.8 Å². The van der Waals surface area contributed by atoms with Crippen LogP contribution in [0.15, 0.2) is 30.3 Å². The van der Waals surface area contributed by atoms with Gasteiger partial charge in [0.25, 0.3) is 0 Å². The molecule has 1 heterocycles. The Morgan fingerprint density at radius 1 is 1.20 bits per heavy atom. The van der Waals surface area contributed by atoms with E-state index in [1.54, 1.807) is 0 Å². The first-order chi connectivity index (χ1) is 7.18. The monoisotopic (exact) mass is 220 g/mol. The van der Waals surface area contributed by atoms with Gasteiger partial charge in [0.1, 0.15) is 0 Å². The highest BCUT2D eigenvalue weighted by Crippen LogP contribution is 2.28. The molecule has 0 amide bonds. The molecule has 0 aliphatic heterocycles. The van der Waals surface area contributed by atoms with Crippen LogP contribution in [0.4, 0.5) is 0 Å². The van der Waals surface area contributed by atoms with E-state index in [0.717, 1.165) is 17.0 Å². The van der Waals surface area contributed by atoms with E-state index in [1.165, 1.54) is 0 Å². The first-order valence-electron chi connectivity index (χ1n) is 4.99. The number of halogens is 1. The van der Waals surface area contributed by atoms with Gasteiger partial charge in [-0.3, -0.25) is 0 Å². The van der Waals surface area contributed by atoms with Crippen LogP contribution in [0.3, 0.4) is 0 Å². The van der Waals surface area contributed by atoms with Gasteiger partial charge in [-0.05, 0) is 17.5 Å². The second-order valence-electron chi connectivity index (χ2n) is 3.81. The van der Waals surface area contributed by atoms with Crippen molar-refractivity contribution >= 4 is 11.6 Å². The van der Waals surface area contributed by atoms with Crippen LogP contribution in [0.5, 0.6) is 0 Å². The highest BCUT2D eigenvalue weighted by Gasteiger charge is 2.13. The Hall–Kier alpha value is -1.28. The normalized spacial score (nSPS) is 10.9. The number of rotatable bonds is 2. The van der Waals surface area contributed by atoms with Gasteiger partial charge in [-0.1, -0.05) is 44.2 Å². The highest BCUT2D eigenvalue weighted by molar-refractivity contribution is 6.28. The molecule has 0 atom stereocenters. The molecule has 3 heteroatoms. The second-order valence-corrected chi connectivity index (χ2v) is 4.17. The van der Waals surface area contributed by atoms with Gasteiger partial charge in [0, 0.05) is 11.3 Å². The molecule has 0 unspecified atom stereocenters. The molecule has 0 radical (unpaired) electrons. The molecule has 15 heavy (non-hydrogen) atoms. The highest BCUT2D eigenvalue weighted by atomic mass is 35.5. The largest absolute Gasteiger partial charge is 0.332 e. The van der Waals surface area contributed by atoms with Gasteiger partial charge in [-0.15, -0.1) is 0 Å². The van der Waals surface area contributed by atoms with E-state index in [0.29, 0.717) is 11.2 Å². The van der Waals surface area contributed by atoms with Gasteiger partial charge < -0.3 is 4.98 Å². The maximum atomic E-state index is 5.89. The topological polar surface area (TPSA) is 28.7 Å². The van der Waals surface area contributed by atoms with Gasteiger partial charge in [0.2, 0.25) is 5.28 Å². The predicted molar refractivity (Wildman–Crippen MR) is 63.1 cm³/mol. The zero-order valence-corrected chi connectivity index (χ0v) is 9.55. The molecule has 0 fully saturated rings. The number of benzene rings is 1. The van der Waals surface area contributed by atoms with Crippen molar-refractivity contribution in [2.24, 2.45) is 0 Å². The van der Waals surface area contributed by atoms with E-state index in [-0.39, 0.29) is 0 Å². The molecule has 0 bridgehead atoms. The summed E-state index contributed by atoms with van der Waals surface area (Å²) in [5.41, 5.74) is 3.14. The molecule has 0 saturated carbocycles. The number of hydrogen-bond acceptors (Lipinski definition) is 1. The fraction of sp³-hybridized carbons (Fsp3) is 0.250. The maximum absolute atomic E-state index is 5.89. The Bertz CT molecular complexity index is 446. The molecular weight excluding hydrogens is 208 g/mol. The minimum Gasteiger partial charge on any atom is -0.332 e. The summed E-state index contributed by atoms with van der Waals surface area (Å²) in [6.07, 6.45) is 0. The lowest BCUT2D eigenvalue weighted by Crippen LogP contribution is -1.90. The third-order valence-corrected chi connectivity index (χ3v) is 2.51. The van der Waals surface area contributed by atoms with Gasteiger partial charge in [0.05, 0.1) is 5.69 Å². The first-order valence-corrected chi connectivity index (χ1v) is 5.37. The number of H-pyrrole nitrogens is 1. The number of aromatic amines is 1. The van der Waals surface area contributed by atoms with E-state index < -0.39 is 0 Å². The molecule has 0 aliphatic rings. The summed E-state index contributed by atoms with van der Waals surface area (Å²) in [6.45, 7) is 4.24. The van der Waals surface area contributed by atoms with Crippen LogP contribution in [0.2, 0.25) is 5.28 Å². The van der Waals surface area contributed by atoms with Gasteiger partial charge in [-0.2, -0.15) is 0 Å². The lowest BCUT2D eigenvalue weighted by atomic mass is 10.0. The van der Waals surface area contributed by atoms with Crippen LogP contribution in [0, 0.1) is 0 Å². The minimum atomic E-state index is 0.389. The SMILES string of the molecule is CC(C)c1[nH]c(Cl)nc1-c1ccccc1. The first kappa shape index (κ1) is 10.2. The Labute approximate surface area is 94.3 Å². The number of nitrogens with zero attached hydrogens (tertiary/aromatic N) is 1. The predicted octanol–water partition coefficient (Wildman–Crippen LogP) is 3.85. The van der Waals surface area contributed by atoms with Crippen LogP contribution in [0.1, 0.15) is 25.5 Å². The van der Waals surface area contributed by atoms with Crippen molar-refractivity contribution in [3.63, 3.8) is 0 Å². The Morgan fingerprint density at radius 3 is 2.47 bits per heavy atom.